The average molecular weight is 420 g/mol. The van der Waals surface area contributed by atoms with Crippen molar-refractivity contribution >= 4 is 49.8 Å². The Kier molecular flexibility index (Phi) is 4.75. The van der Waals surface area contributed by atoms with E-state index in [-0.39, 0.29) is 0 Å². The van der Waals surface area contributed by atoms with E-state index in [0.29, 0.717) is 0 Å². The van der Waals surface area contributed by atoms with Crippen molar-refractivity contribution < 1.29 is 0 Å². The van der Waals surface area contributed by atoms with Crippen molar-refractivity contribution in [3.05, 3.63) is 95.7 Å². The van der Waals surface area contributed by atoms with Crippen molar-refractivity contribution in [1.29, 1.82) is 0 Å². The molecule has 1 aliphatic heterocycles. The highest BCUT2D eigenvalue weighted by atomic mass is 79.9. The van der Waals surface area contributed by atoms with E-state index in [0.717, 1.165) is 4.61 Å². The van der Waals surface area contributed by atoms with Crippen LogP contribution < -0.4 is 4.90 Å². The van der Waals surface area contributed by atoms with Gasteiger partial charge in [0, 0.05) is 15.2 Å². The summed E-state index contributed by atoms with van der Waals surface area (Å²) in [6.45, 7) is 5.93. The second-order valence-corrected chi connectivity index (χ2v) is 8.00. The van der Waals surface area contributed by atoms with Crippen LogP contribution >= 0.6 is 27.7 Å². The number of anilines is 2. The predicted octanol–water partition coefficient (Wildman–Crippen LogP) is 7.73. The van der Waals surface area contributed by atoms with E-state index in [2.05, 4.69) is 95.0 Å². The van der Waals surface area contributed by atoms with E-state index >= 15 is 0 Å². The first kappa shape index (κ1) is 17.2. The quantitative estimate of drug-likeness (QED) is 0.315. The molecule has 1 nitrogen and oxygen atoms in total. The molecule has 0 aliphatic carbocycles. The molecule has 0 N–H and O–H groups in total. The highest BCUT2D eigenvalue weighted by Gasteiger charge is 2.27. The van der Waals surface area contributed by atoms with Crippen molar-refractivity contribution in [2.75, 3.05) is 4.90 Å². The third kappa shape index (κ3) is 2.91. The summed E-state index contributed by atoms with van der Waals surface area (Å²) < 4.78 is 0.999. The van der Waals surface area contributed by atoms with Crippen LogP contribution in [0.2, 0.25) is 0 Å². The lowest BCUT2D eigenvalue weighted by Crippen LogP contribution is -2.17. The maximum Gasteiger partial charge on any atom is 0.0897 e. The largest absolute Gasteiger partial charge is 0.301 e. The lowest BCUT2D eigenvalue weighted by molar-refractivity contribution is 1.16. The summed E-state index contributed by atoms with van der Waals surface area (Å²) in [6, 6.07) is 19.5. The number of halogens is 1. The topological polar surface area (TPSA) is 3.24 Å². The van der Waals surface area contributed by atoms with Crippen LogP contribution in [-0.4, -0.2) is 0 Å². The van der Waals surface area contributed by atoms with Gasteiger partial charge in [0.2, 0.25) is 0 Å². The number of aryl methyl sites for hydroxylation is 1. The molecule has 0 saturated carbocycles. The van der Waals surface area contributed by atoms with E-state index in [1.807, 2.05) is 23.9 Å². The Morgan fingerprint density at radius 3 is 2.54 bits per heavy atom. The van der Waals surface area contributed by atoms with Gasteiger partial charge in [-0.05, 0) is 58.1 Å². The third-order valence-corrected chi connectivity index (χ3v) is 6.15. The van der Waals surface area contributed by atoms with Gasteiger partial charge in [-0.15, -0.1) is 0 Å². The van der Waals surface area contributed by atoms with Crippen LogP contribution in [0.3, 0.4) is 0 Å². The molecule has 3 aromatic rings. The molecule has 0 atom stereocenters. The average Bonchev–Trinajstić information content (AvgIpc) is 2.66. The van der Waals surface area contributed by atoms with Gasteiger partial charge in [-0.2, -0.15) is 0 Å². The SMILES string of the molecule is C=C/C=C\C=C(/Br)N1c2ccccc2Sc2cc(C)c3ccccc3c21. The molecule has 128 valence electrons. The first-order valence-corrected chi connectivity index (χ1v) is 10.1. The summed E-state index contributed by atoms with van der Waals surface area (Å²) in [4.78, 5) is 4.83. The fourth-order valence-corrected chi connectivity index (χ4v) is 5.00. The van der Waals surface area contributed by atoms with Gasteiger partial charge in [-0.1, -0.05) is 73.0 Å². The fourth-order valence-electron chi connectivity index (χ4n) is 3.29. The highest BCUT2D eigenvalue weighted by molar-refractivity contribution is 9.11. The zero-order chi connectivity index (χ0) is 18.1. The highest BCUT2D eigenvalue weighted by Crippen LogP contribution is 2.53. The number of nitrogens with zero attached hydrogens (tertiary/aromatic N) is 1. The second kappa shape index (κ2) is 7.18. The monoisotopic (exact) mass is 419 g/mol. The van der Waals surface area contributed by atoms with Gasteiger partial charge in [-0.3, -0.25) is 0 Å². The second-order valence-electron chi connectivity index (χ2n) is 6.10. The molecule has 1 heterocycles. The fraction of sp³-hybridized carbons (Fsp3) is 0.0435. The van der Waals surface area contributed by atoms with Crippen LogP contribution in [0.5, 0.6) is 0 Å². The first-order valence-electron chi connectivity index (χ1n) is 8.45. The standard InChI is InChI=1S/C23H18BrNS/c1-3-4-5-14-22(24)25-19-12-8-9-13-20(19)26-21-15-16(2)17-10-6-7-11-18(17)23(21)25/h3-15H,1H2,2H3/b5-4-,22-14+. The molecule has 3 aromatic carbocycles. The number of benzene rings is 3. The first-order chi connectivity index (χ1) is 12.7. The number of rotatable bonds is 3. The molecule has 0 fully saturated rings. The van der Waals surface area contributed by atoms with Crippen LogP contribution in [0.4, 0.5) is 11.4 Å². The molecular weight excluding hydrogens is 402 g/mol. The Morgan fingerprint density at radius 2 is 1.73 bits per heavy atom. The molecule has 26 heavy (non-hydrogen) atoms. The number of para-hydroxylation sites is 1. The number of hydrogen-bond donors (Lipinski definition) is 0. The molecule has 0 saturated heterocycles. The minimum Gasteiger partial charge on any atom is -0.301 e. The van der Waals surface area contributed by atoms with Gasteiger partial charge in [0.25, 0.3) is 0 Å². The molecule has 0 spiro atoms. The van der Waals surface area contributed by atoms with Crippen molar-refractivity contribution in [1.82, 2.24) is 0 Å². The summed E-state index contributed by atoms with van der Waals surface area (Å²) in [5, 5.41) is 2.56. The van der Waals surface area contributed by atoms with Gasteiger partial charge in [0.05, 0.1) is 16.0 Å². The molecule has 0 unspecified atom stereocenters. The van der Waals surface area contributed by atoms with Crippen LogP contribution in [-0.2, 0) is 0 Å². The molecule has 3 heteroatoms. The maximum atomic E-state index is 3.81. The summed E-state index contributed by atoms with van der Waals surface area (Å²) in [6.07, 6.45) is 7.77. The summed E-state index contributed by atoms with van der Waals surface area (Å²) >= 11 is 5.64. The van der Waals surface area contributed by atoms with Crippen LogP contribution in [0.15, 0.2) is 99.9 Å². The van der Waals surface area contributed by atoms with Crippen LogP contribution in [0.1, 0.15) is 5.56 Å². The molecule has 0 bridgehead atoms. The number of hydrogen-bond acceptors (Lipinski definition) is 2. The van der Waals surface area contributed by atoms with E-state index in [4.69, 9.17) is 0 Å². The van der Waals surface area contributed by atoms with Gasteiger partial charge < -0.3 is 4.90 Å². The van der Waals surface area contributed by atoms with Crippen LogP contribution in [0, 0.1) is 6.92 Å². The van der Waals surface area contributed by atoms with Gasteiger partial charge >= 0.3 is 0 Å². The Hall–Kier alpha value is -2.23. The van der Waals surface area contributed by atoms with Crippen molar-refractivity contribution in [2.45, 2.75) is 16.7 Å². The predicted molar refractivity (Wildman–Crippen MR) is 118 cm³/mol. The van der Waals surface area contributed by atoms with E-state index in [1.54, 1.807) is 6.08 Å². The maximum absolute atomic E-state index is 3.81. The minimum atomic E-state index is 0.999. The Labute approximate surface area is 166 Å². The lowest BCUT2D eigenvalue weighted by Gasteiger charge is -2.34. The molecule has 4 rings (SSSR count). The number of fused-ring (bicyclic) bond motifs is 4. The smallest absolute Gasteiger partial charge is 0.0897 e. The normalized spacial score (nSPS) is 13.8. The zero-order valence-corrected chi connectivity index (χ0v) is 16.8. The van der Waals surface area contributed by atoms with Crippen molar-refractivity contribution in [2.24, 2.45) is 0 Å². The molecule has 0 amide bonds. The van der Waals surface area contributed by atoms with Crippen molar-refractivity contribution in [3.8, 4) is 0 Å². The summed E-state index contributed by atoms with van der Waals surface area (Å²) in [5.41, 5.74) is 3.72. The molecule has 1 aliphatic rings. The van der Waals surface area contributed by atoms with Crippen LogP contribution in [0.25, 0.3) is 10.8 Å². The molecule has 0 radical (unpaired) electrons. The van der Waals surface area contributed by atoms with E-state index < -0.39 is 0 Å². The Balaban J connectivity index is 2.02. The minimum absolute atomic E-state index is 0.999. The summed E-state index contributed by atoms with van der Waals surface area (Å²) in [5.74, 6) is 0. The molecule has 0 aromatic heterocycles. The van der Waals surface area contributed by atoms with Gasteiger partial charge in [-0.25, -0.2) is 0 Å². The van der Waals surface area contributed by atoms with Gasteiger partial charge in [0.15, 0.2) is 0 Å². The Bertz CT molecular complexity index is 1060. The van der Waals surface area contributed by atoms with Crippen molar-refractivity contribution in [3.63, 3.8) is 0 Å². The third-order valence-electron chi connectivity index (χ3n) is 4.43. The Morgan fingerprint density at radius 1 is 1.00 bits per heavy atom. The van der Waals surface area contributed by atoms with E-state index in [1.165, 1.54) is 37.5 Å². The lowest BCUT2D eigenvalue weighted by atomic mass is 10.0. The molecular formula is C23H18BrNS. The number of allylic oxidation sites excluding steroid dienone is 4. The zero-order valence-electron chi connectivity index (χ0n) is 14.4. The van der Waals surface area contributed by atoms with E-state index in [9.17, 15) is 0 Å². The summed E-state index contributed by atoms with van der Waals surface area (Å²) in [7, 11) is 0. The van der Waals surface area contributed by atoms with Gasteiger partial charge in [0.1, 0.15) is 0 Å².